The Morgan fingerprint density at radius 2 is 2.20 bits per heavy atom. The first-order valence-corrected chi connectivity index (χ1v) is 6.93. The van der Waals surface area contributed by atoms with Gasteiger partial charge in [-0.3, -0.25) is 5.32 Å². The molecule has 0 saturated carbocycles. The third-order valence-corrected chi connectivity index (χ3v) is 3.30. The number of carbonyl (C=O) groups is 1. The fourth-order valence-corrected chi connectivity index (χ4v) is 2.30. The van der Waals surface area contributed by atoms with Crippen molar-refractivity contribution in [2.24, 2.45) is 0 Å². The van der Waals surface area contributed by atoms with Crippen molar-refractivity contribution in [1.82, 2.24) is 9.69 Å². The molecule has 0 saturated heterocycles. The Balaban J connectivity index is 1.97. The van der Waals surface area contributed by atoms with Crippen molar-refractivity contribution >= 4 is 22.6 Å². The number of aromatic nitrogens is 1. The maximum absolute atomic E-state index is 11.7. The molecule has 102 valence electrons. The third kappa shape index (κ3) is 3.80. The van der Waals surface area contributed by atoms with Gasteiger partial charge in [-0.05, 0) is 18.5 Å². The molecule has 1 aromatic heterocycles. The first-order chi connectivity index (χ1) is 9.69. The van der Waals surface area contributed by atoms with E-state index < -0.39 is 0 Å². The summed E-state index contributed by atoms with van der Waals surface area (Å²) < 4.78 is 4.30. The maximum Gasteiger partial charge on any atom is 0.320 e. The van der Waals surface area contributed by atoms with E-state index in [2.05, 4.69) is 15.0 Å². The Labute approximate surface area is 121 Å². The van der Waals surface area contributed by atoms with E-state index in [-0.39, 0.29) is 18.5 Å². The van der Waals surface area contributed by atoms with E-state index >= 15 is 0 Å². The minimum atomic E-state index is -0.323. The summed E-state index contributed by atoms with van der Waals surface area (Å²) in [6.07, 6.45) is 0.283. The fourth-order valence-electron chi connectivity index (χ4n) is 1.64. The quantitative estimate of drug-likeness (QED) is 0.905. The van der Waals surface area contributed by atoms with Crippen LogP contribution in [0.4, 0.5) is 9.80 Å². The maximum atomic E-state index is 11.7. The molecule has 0 bridgehead atoms. The highest BCUT2D eigenvalue weighted by molar-refractivity contribution is 7.10. The molecule has 1 aromatic carbocycles. The number of amides is 2. The van der Waals surface area contributed by atoms with E-state index in [1.807, 2.05) is 42.5 Å². The summed E-state index contributed by atoms with van der Waals surface area (Å²) in [5.74, 6) is 0. The number of carbonyl (C=O) groups excluding carboxylic acids is 1. The molecular weight excluding hydrogens is 272 g/mol. The summed E-state index contributed by atoms with van der Waals surface area (Å²) in [5.41, 5.74) is 1.84. The first kappa shape index (κ1) is 14.0. The second-order valence-electron chi connectivity index (χ2n) is 4.30. The number of rotatable bonds is 4. The lowest BCUT2D eigenvalue weighted by molar-refractivity contribution is 0.249. The molecule has 2 amide bonds. The Morgan fingerprint density at radius 1 is 1.45 bits per heavy atom. The second-order valence-corrected chi connectivity index (χ2v) is 5.11. The van der Waals surface area contributed by atoms with Gasteiger partial charge in [0, 0.05) is 17.7 Å². The Hall–Kier alpha value is -2.39. The lowest BCUT2D eigenvalue weighted by Gasteiger charge is -2.09. The van der Waals surface area contributed by atoms with Crippen LogP contribution in [0.3, 0.4) is 0 Å². The van der Waals surface area contributed by atoms with Crippen LogP contribution in [0.15, 0.2) is 36.4 Å². The summed E-state index contributed by atoms with van der Waals surface area (Å²) in [6.45, 7) is 1.78. The van der Waals surface area contributed by atoms with Gasteiger partial charge in [-0.2, -0.15) is 9.64 Å². The number of nitrogens with zero attached hydrogens (tertiary/aromatic N) is 2. The highest BCUT2D eigenvalue weighted by atomic mass is 32.1. The van der Waals surface area contributed by atoms with E-state index in [1.165, 1.54) is 11.5 Å². The number of anilines is 1. The molecule has 5 nitrogen and oxygen atoms in total. The minimum Gasteiger partial charge on any atom is -0.334 e. The number of hydrogen-bond donors (Lipinski definition) is 2. The molecule has 0 spiro atoms. The third-order valence-electron chi connectivity index (χ3n) is 2.59. The summed E-state index contributed by atoms with van der Waals surface area (Å²) in [5, 5.41) is 14.6. The molecule has 1 heterocycles. The van der Waals surface area contributed by atoms with Gasteiger partial charge >= 0.3 is 6.03 Å². The minimum absolute atomic E-state index is 0.179. The first-order valence-electron chi connectivity index (χ1n) is 6.15. The van der Waals surface area contributed by atoms with Gasteiger partial charge in [0.05, 0.1) is 18.2 Å². The topological polar surface area (TPSA) is 77.8 Å². The zero-order valence-electron chi connectivity index (χ0n) is 11.0. The van der Waals surface area contributed by atoms with E-state index in [9.17, 15) is 4.79 Å². The van der Waals surface area contributed by atoms with Gasteiger partial charge < -0.3 is 5.32 Å². The SMILES string of the molecule is C[C@@H](CC#N)NC(=O)Nc1cc(-c2ccccc2)ns1. The molecule has 0 fully saturated rings. The van der Waals surface area contributed by atoms with Crippen LogP contribution in [0, 0.1) is 11.3 Å². The van der Waals surface area contributed by atoms with Gasteiger partial charge in [-0.1, -0.05) is 30.3 Å². The average molecular weight is 286 g/mol. The van der Waals surface area contributed by atoms with Crippen LogP contribution in [-0.2, 0) is 0 Å². The number of hydrogen-bond acceptors (Lipinski definition) is 4. The van der Waals surface area contributed by atoms with Crippen LogP contribution >= 0.6 is 11.5 Å². The standard InChI is InChI=1S/C14H14N4OS/c1-10(7-8-15)16-14(19)17-13-9-12(18-20-13)11-5-3-2-4-6-11/h2-6,9-10H,7H2,1H3,(H2,16,17,19)/t10-/m0/s1. The largest absolute Gasteiger partial charge is 0.334 e. The molecule has 0 unspecified atom stereocenters. The van der Waals surface area contributed by atoms with Gasteiger partial charge in [0.15, 0.2) is 0 Å². The summed E-state index contributed by atoms with van der Waals surface area (Å²) in [4.78, 5) is 11.7. The molecule has 2 N–H and O–H groups in total. The monoisotopic (exact) mass is 286 g/mol. The fraction of sp³-hybridized carbons (Fsp3) is 0.214. The van der Waals surface area contributed by atoms with Crippen LogP contribution in [0.2, 0.25) is 0 Å². The lowest BCUT2D eigenvalue weighted by atomic mass is 10.2. The van der Waals surface area contributed by atoms with Crippen molar-refractivity contribution in [2.75, 3.05) is 5.32 Å². The van der Waals surface area contributed by atoms with Gasteiger partial charge in [0.2, 0.25) is 0 Å². The molecule has 0 aliphatic heterocycles. The van der Waals surface area contributed by atoms with Crippen molar-refractivity contribution in [3.63, 3.8) is 0 Å². The van der Waals surface area contributed by atoms with Crippen LogP contribution in [0.5, 0.6) is 0 Å². The number of nitriles is 1. The predicted molar refractivity (Wildman–Crippen MR) is 79.4 cm³/mol. The Bertz CT molecular complexity index is 618. The molecule has 6 heteroatoms. The van der Waals surface area contributed by atoms with E-state index in [1.54, 1.807) is 6.92 Å². The predicted octanol–water partition coefficient (Wildman–Crippen LogP) is 3.23. The molecular formula is C14H14N4OS. The van der Waals surface area contributed by atoms with Gasteiger partial charge in [-0.25, -0.2) is 4.79 Å². The van der Waals surface area contributed by atoms with Crippen molar-refractivity contribution in [1.29, 1.82) is 5.26 Å². The van der Waals surface area contributed by atoms with Crippen molar-refractivity contribution in [3.05, 3.63) is 36.4 Å². The highest BCUT2D eigenvalue weighted by Gasteiger charge is 2.09. The van der Waals surface area contributed by atoms with Gasteiger partial charge in [-0.15, -0.1) is 0 Å². The molecule has 2 rings (SSSR count). The molecule has 0 radical (unpaired) electrons. The molecule has 2 aromatic rings. The van der Waals surface area contributed by atoms with E-state index in [0.717, 1.165) is 11.3 Å². The van der Waals surface area contributed by atoms with Crippen LogP contribution < -0.4 is 10.6 Å². The van der Waals surface area contributed by atoms with Gasteiger partial charge in [0.25, 0.3) is 0 Å². The summed E-state index contributed by atoms with van der Waals surface area (Å²) in [6, 6.07) is 13.1. The smallest absolute Gasteiger partial charge is 0.320 e. The van der Waals surface area contributed by atoms with Crippen molar-refractivity contribution < 1.29 is 4.79 Å². The number of benzene rings is 1. The lowest BCUT2D eigenvalue weighted by Crippen LogP contribution is -2.35. The van der Waals surface area contributed by atoms with Crippen LogP contribution in [0.1, 0.15) is 13.3 Å². The van der Waals surface area contributed by atoms with Crippen molar-refractivity contribution in [3.8, 4) is 17.3 Å². The molecule has 0 aliphatic rings. The zero-order chi connectivity index (χ0) is 14.4. The van der Waals surface area contributed by atoms with E-state index in [0.29, 0.717) is 5.00 Å². The molecule has 0 aliphatic carbocycles. The second kappa shape index (κ2) is 6.68. The highest BCUT2D eigenvalue weighted by Crippen LogP contribution is 2.24. The Morgan fingerprint density at radius 3 is 2.90 bits per heavy atom. The number of urea groups is 1. The van der Waals surface area contributed by atoms with Crippen LogP contribution in [0.25, 0.3) is 11.3 Å². The number of nitrogens with one attached hydrogen (secondary N) is 2. The molecule has 1 atom stereocenters. The van der Waals surface area contributed by atoms with Crippen molar-refractivity contribution in [2.45, 2.75) is 19.4 Å². The van der Waals surface area contributed by atoms with E-state index in [4.69, 9.17) is 5.26 Å². The molecule has 20 heavy (non-hydrogen) atoms. The van der Waals surface area contributed by atoms with Crippen LogP contribution in [-0.4, -0.2) is 16.4 Å². The zero-order valence-corrected chi connectivity index (χ0v) is 11.8. The average Bonchev–Trinajstić information content (AvgIpc) is 2.88. The summed E-state index contributed by atoms with van der Waals surface area (Å²) in [7, 11) is 0. The summed E-state index contributed by atoms with van der Waals surface area (Å²) >= 11 is 1.23. The van der Waals surface area contributed by atoms with Gasteiger partial charge in [0.1, 0.15) is 5.00 Å². The Kier molecular flexibility index (Phi) is 4.69. The normalized spacial score (nSPS) is 11.4.